The van der Waals surface area contributed by atoms with Gasteiger partial charge in [0.25, 0.3) is 0 Å². The molecule has 8 nitrogen and oxygen atoms in total. The fraction of sp³-hybridized carbons (Fsp3) is 0.346. The van der Waals surface area contributed by atoms with Gasteiger partial charge in [-0.15, -0.1) is 21.5 Å². The van der Waals surface area contributed by atoms with Gasteiger partial charge in [-0.05, 0) is 58.7 Å². The molecule has 0 saturated carbocycles. The van der Waals surface area contributed by atoms with Crippen LogP contribution >= 0.6 is 11.3 Å². The maximum absolute atomic E-state index is 12.8. The van der Waals surface area contributed by atoms with Crippen molar-refractivity contribution in [2.45, 2.75) is 59.6 Å². The topological polar surface area (TPSA) is 102 Å². The van der Waals surface area contributed by atoms with E-state index in [2.05, 4.69) is 29.2 Å². The van der Waals surface area contributed by atoms with E-state index in [1.54, 1.807) is 17.4 Å². The van der Waals surface area contributed by atoms with Crippen LogP contribution in [0.1, 0.15) is 72.0 Å². The number of benzene rings is 1. The molecule has 2 aromatic heterocycles. The molecule has 0 amide bonds. The number of aryl methyl sites for hydroxylation is 2. The minimum atomic E-state index is -0.589. The lowest BCUT2D eigenvalue weighted by Gasteiger charge is -2.21. The summed E-state index contributed by atoms with van der Waals surface area (Å²) in [7, 11) is 0. The van der Waals surface area contributed by atoms with E-state index in [0.717, 1.165) is 38.8 Å². The summed E-state index contributed by atoms with van der Waals surface area (Å²) in [6.07, 6.45) is 4.88. The number of carbonyl (C=O) groups excluding carboxylic acids is 1. The van der Waals surface area contributed by atoms with Gasteiger partial charge < -0.3 is 9.94 Å². The number of rotatable bonds is 5. The quantitative estimate of drug-likeness (QED) is 0.224. The second-order valence-electron chi connectivity index (χ2n) is 9.43. The predicted octanol–water partition coefficient (Wildman–Crippen LogP) is 5.35. The van der Waals surface area contributed by atoms with Gasteiger partial charge in [-0.3, -0.25) is 14.4 Å². The fourth-order valence-electron chi connectivity index (χ4n) is 4.01. The van der Waals surface area contributed by atoms with Gasteiger partial charge in [0.05, 0.1) is 18.3 Å². The highest BCUT2D eigenvalue weighted by molar-refractivity contribution is 7.15. The second kappa shape index (κ2) is 9.58. The van der Waals surface area contributed by atoms with E-state index >= 15 is 0 Å². The molecule has 1 aliphatic heterocycles. The van der Waals surface area contributed by atoms with Gasteiger partial charge in [-0.25, -0.2) is 0 Å². The lowest BCUT2D eigenvalue weighted by molar-refractivity contribution is -0.155. The molecule has 1 atom stereocenters. The fourth-order valence-corrected chi connectivity index (χ4v) is 5.22. The van der Waals surface area contributed by atoms with E-state index in [4.69, 9.17) is 14.9 Å². The zero-order chi connectivity index (χ0) is 25.3. The van der Waals surface area contributed by atoms with Crippen LogP contribution in [0.25, 0.3) is 11.1 Å². The van der Waals surface area contributed by atoms with Gasteiger partial charge >= 0.3 is 5.97 Å². The number of carbonyl (C=O) groups is 1. The molecule has 0 fully saturated rings. The molecule has 1 N–H and O–H groups in total. The van der Waals surface area contributed by atoms with Crippen LogP contribution in [-0.4, -0.2) is 43.5 Å². The van der Waals surface area contributed by atoms with Crippen molar-refractivity contribution < 1.29 is 14.7 Å². The molecular weight excluding hydrogens is 462 g/mol. The first-order chi connectivity index (χ1) is 16.6. The summed E-state index contributed by atoms with van der Waals surface area (Å²) in [6.45, 7) is 11.7. The number of aromatic nitrogens is 3. The molecule has 1 aliphatic rings. The summed E-state index contributed by atoms with van der Waals surface area (Å²) in [5.74, 6) is 1.05. The van der Waals surface area contributed by atoms with Gasteiger partial charge in [0.2, 0.25) is 0 Å². The molecule has 4 rings (SSSR count). The highest BCUT2D eigenvalue weighted by Gasteiger charge is 2.33. The third-order valence-corrected chi connectivity index (χ3v) is 6.84. The normalized spacial score (nSPS) is 15.7. The molecule has 3 aromatic rings. The largest absolute Gasteiger partial charge is 0.460 e. The van der Waals surface area contributed by atoms with Crippen LogP contribution < -0.4 is 0 Å². The van der Waals surface area contributed by atoms with Gasteiger partial charge in [0.1, 0.15) is 22.5 Å². The van der Waals surface area contributed by atoms with Crippen LogP contribution in [0.5, 0.6) is 0 Å². The average molecular weight is 492 g/mol. The van der Waals surface area contributed by atoms with Crippen LogP contribution in [0.3, 0.4) is 0 Å². The summed E-state index contributed by atoms with van der Waals surface area (Å²) < 4.78 is 7.63. The third kappa shape index (κ3) is 5.09. The zero-order valence-electron chi connectivity index (χ0n) is 20.7. The first-order valence-electron chi connectivity index (χ1n) is 11.4. The standard InChI is InChI=1S/C26H29N5O3S/c1-15-16(2)35-25-22(15)23(19-11-9-18(10-12-19)8-7-13-27-33)28-20(14-21(32)34-26(4,5)6)24-30-29-17(3)31(24)25/h7-13,20,33H,14H2,1-6H3/b8-7+,27-13-/t20-/m0/s1. The van der Waals surface area contributed by atoms with E-state index in [1.165, 1.54) is 11.1 Å². The number of hydrogen-bond acceptors (Lipinski definition) is 8. The third-order valence-electron chi connectivity index (χ3n) is 5.65. The molecule has 0 radical (unpaired) electrons. The van der Waals surface area contributed by atoms with Crippen molar-refractivity contribution in [3.8, 4) is 5.00 Å². The molecular formula is C26H29N5O3S. The Kier molecular flexibility index (Phi) is 6.71. The highest BCUT2D eigenvalue weighted by Crippen LogP contribution is 2.39. The van der Waals surface area contributed by atoms with Crippen molar-refractivity contribution in [3.05, 3.63) is 69.1 Å². The number of thiophene rings is 1. The van der Waals surface area contributed by atoms with Crippen molar-refractivity contribution in [2.75, 3.05) is 0 Å². The van der Waals surface area contributed by atoms with Crippen molar-refractivity contribution in [1.82, 2.24) is 14.8 Å². The number of nitrogens with zero attached hydrogens (tertiary/aromatic N) is 5. The Labute approximate surface area is 208 Å². The Bertz CT molecular complexity index is 1340. The summed E-state index contributed by atoms with van der Waals surface area (Å²) in [4.78, 5) is 19.1. The molecule has 0 bridgehead atoms. The molecule has 3 heterocycles. The minimum Gasteiger partial charge on any atom is -0.460 e. The number of hydrogen-bond donors (Lipinski definition) is 1. The maximum atomic E-state index is 12.8. The minimum absolute atomic E-state index is 0.0627. The number of oxime groups is 1. The lowest BCUT2D eigenvalue weighted by atomic mass is 9.98. The van der Waals surface area contributed by atoms with Gasteiger partial charge in [-0.1, -0.05) is 35.5 Å². The SMILES string of the molecule is Cc1sc2c(c1C)C(c1ccc(/C=C/C=N\O)cc1)=N[C@@H](CC(=O)OC(C)(C)C)c1nnc(C)n1-2. The number of ether oxygens (including phenoxy) is 1. The zero-order valence-corrected chi connectivity index (χ0v) is 21.6. The van der Waals surface area contributed by atoms with E-state index < -0.39 is 11.6 Å². The molecule has 182 valence electrons. The average Bonchev–Trinajstić information content (AvgIpc) is 3.25. The van der Waals surface area contributed by atoms with E-state index in [0.29, 0.717) is 5.82 Å². The number of esters is 1. The smallest absolute Gasteiger partial charge is 0.308 e. The summed E-state index contributed by atoms with van der Waals surface area (Å²) in [5.41, 5.74) is 4.29. The van der Waals surface area contributed by atoms with E-state index in [9.17, 15) is 4.79 Å². The lowest BCUT2D eigenvalue weighted by Crippen LogP contribution is -2.25. The summed E-state index contributed by atoms with van der Waals surface area (Å²) >= 11 is 1.67. The van der Waals surface area contributed by atoms with Crippen LogP contribution in [0.4, 0.5) is 0 Å². The molecule has 0 spiro atoms. The first-order valence-corrected chi connectivity index (χ1v) is 12.2. The highest BCUT2D eigenvalue weighted by atomic mass is 32.1. The number of aliphatic imine (C=N–C) groups is 1. The van der Waals surface area contributed by atoms with Crippen molar-refractivity contribution in [1.29, 1.82) is 0 Å². The molecule has 0 aliphatic carbocycles. The monoisotopic (exact) mass is 491 g/mol. The Balaban J connectivity index is 1.85. The van der Waals surface area contributed by atoms with Crippen LogP contribution in [0.15, 0.2) is 40.5 Å². The van der Waals surface area contributed by atoms with Crippen LogP contribution in [0, 0.1) is 20.8 Å². The van der Waals surface area contributed by atoms with Gasteiger partial charge in [-0.2, -0.15) is 0 Å². The molecule has 0 unspecified atom stereocenters. The predicted molar refractivity (Wildman–Crippen MR) is 138 cm³/mol. The van der Waals surface area contributed by atoms with Crippen molar-refractivity contribution in [2.24, 2.45) is 10.1 Å². The Morgan fingerprint density at radius 2 is 1.91 bits per heavy atom. The Hall–Kier alpha value is -3.59. The van der Waals surface area contributed by atoms with Crippen molar-refractivity contribution >= 4 is 35.3 Å². The van der Waals surface area contributed by atoms with Gasteiger partial charge in [0, 0.05) is 16.0 Å². The maximum Gasteiger partial charge on any atom is 0.308 e. The number of fused-ring (bicyclic) bond motifs is 3. The second-order valence-corrected chi connectivity index (χ2v) is 10.6. The Morgan fingerprint density at radius 3 is 2.57 bits per heavy atom. The molecule has 1 aromatic carbocycles. The first kappa shape index (κ1) is 24.5. The summed E-state index contributed by atoms with van der Waals surface area (Å²) in [5, 5.41) is 21.3. The van der Waals surface area contributed by atoms with Crippen LogP contribution in [0.2, 0.25) is 0 Å². The van der Waals surface area contributed by atoms with Crippen molar-refractivity contribution in [3.63, 3.8) is 0 Å². The van der Waals surface area contributed by atoms with Crippen LogP contribution in [-0.2, 0) is 9.53 Å². The van der Waals surface area contributed by atoms with Gasteiger partial charge in [0.15, 0.2) is 5.82 Å². The van der Waals surface area contributed by atoms with E-state index in [1.807, 2.05) is 62.6 Å². The summed E-state index contributed by atoms with van der Waals surface area (Å²) in [6, 6.07) is 7.43. The molecule has 35 heavy (non-hydrogen) atoms. The van der Waals surface area contributed by atoms with E-state index in [-0.39, 0.29) is 12.4 Å². The number of allylic oxidation sites excluding steroid dienone is 1. The molecule has 0 saturated heterocycles. The molecule has 9 heteroatoms. The Morgan fingerprint density at radius 1 is 1.20 bits per heavy atom.